The molecule has 0 saturated heterocycles. The molecule has 57 heavy (non-hydrogen) atoms. The van der Waals surface area contributed by atoms with Gasteiger partial charge in [-0.05, 0) is 211 Å². The van der Waals surface area contributed by atoms with Crippen molar-refractivity contribution in [3.63, 3.8) is 0 Å². The predicted molar refractivity (Wildman–Crippen MR) is 218 cm³/mol. The van der Waals surface area contributed by atoms with Crippen molar-refractivity contribution in [2.24, 2.45) is 46.3 Å². The third-order valence-corrected chi connectivity index (χ3v) is 18.4. The Kier molecular flexibility index (Phi) is 10.6. The highest BCUT2D eigenvalue weighted by Gasteiger charge is 2.53. The molecule has 6 nitrogen and oxygen atoms in total. The number of hydrogen-bond donors (Lipinski definition) is 1. The molecule has 0 heterocycles. The average molecular weight is 822 g/mol. The lowest BCUT2D eigenvalue weighted by Gasteiger charge is -2.57. The fourth-order valence-corrected chi connectivity index (χ4v) is 15.9. The molecule has 8 aliphatic carbocycles. The summed E-state index contributed by atoms with van der Waals surface area (Å²) in [6, 6.07) is 25.6. The maximum absolute atomic E-state index is 14.2. The zero-order valence-electron chi connectivity index (χ0n) is 33.4. The fraction of sp³-hybridized carbons (Fsp3) is 0.617. The van der Waals surface area contributed by atoms with E-state index in [-0.39, 0.29) is 5.75 Å². The summed E-state index contributed by atoms with van der Waals surface area (Å²) < 4.78 is 79.3. The van der Waals surface area contributed by atoms with Gasteiger partial charge in [0.1, 0.15) is 5.75 Å². The van der Waals surface area contributed by atoms with Crippen LogP contribution in [0.3, 0.4) is 0 Å². The Morgan fingerprint density at radius 1 is 0.667 bits per heavy atom. The largest absolute Gasteiger partial charge is 0.483 e. The summed E-state index contributed by atoms with van der Waals surface area (Å²) in [6.45, 7) is 4.44. The SMILES string of the molecule is CC(Oc1ccc([S+](c2ccccc2)c2ccc(C(C)(OCCC34CC5CC(CC(C5)C3)C4)OCCC34CC5CC(CC(C5)C3)C4)cc2)cc1)C(F)(F)S(=O)(=O)O. The highest BCUT2D eigenvalue weighted by molar-refractivity contribution is 7.97. The van der Waals surface area contributed by atoms with Crippen LogP contribution in [0.2, 0.25) is 0 Å². The molecule has 0 aliphatic heterocycles. The van der Waals surface area contributed by atoms with E-state index in [1.54, 1.807) is 12.1 Å². The second-order valence-corrected chi connectivity index (χ2v) is 22.9. The average Bonchev–Trinajstić information content (AvgIpc) is 3.14. The zero-order chi connectivity index (χ0) is 39.6. The van der Waals surface area contributed by atoms with E-state index >= 15 is 0 Å². The van der Waals surface area contributed by atoms with Crippen LogP contribution in [-0.4, -0.2) is 37.5 Å². The first kappa shape index (κ1) is 39.9. The molecule has 2 atom stereocenters. The van der Waals surface area contributed by atoms with Gasteiger partial charge in [0.15, 0.2) is 26.6 Å². The topological polar surface area (TPSA) is 82.1 Å². The van der Waals surface area contributed by atoms with Crippen molar-refractivity contribution in [2.45, 2.75) is 136 Å². The number of hydrogen-bond acceptors (Lipinski definition) is 5. The molecule has 8 aliphatic rings. The van der Waals surface area contributed by atoms with Crippen LogP contribution in [0.5, 0.6) is 5.75 Å². The molecule has 11 rings (SSSR count). The van der Waals surface area contributed by atoms with Gasteiger partial charge in [-0.1, -0.05) is 18.2 Å². The molecule has 1 N–H and O–H groups in total. The van der Waals surface area contributed by atoms with E-state index in [1.807, 2.05) is 30.3 Å². The number of ether oxygens (including phenoxy) is 3. The van der Waals surface area contributed by atoms with Crippen LogP contribution in [-0.2, 0) is 36.3 Å². The van der Waals surface area contributed by atoms with Crippen LogP contribution < -0.4 is 4.74 Å². The molecular formula is C47H59F2O6S2+. The van der Waals surface area contributed by atoms with E-state index in [4.69, 9.17) is 18.8 Å². The van der Waals surface area contributed by atoms with Gasteiger partial charge in [-0.15, -0.1) is 0 Å². The summed E-state index contributed by atoms with van der Waals surface area (Å²) in [7, 11) is -6.18. The smallest absolute Gasteiger partial charge is 0.405 e. The second-order valence-electron chi connectivity index (χ2n) is 19.4. The highest BCUT2D eigenvalue weighted by Crippen LogP contribution is 2.62. The predicted octanol–water partition coefficient (Wildman–Crippen LogP) is 11.4. The second kappa shape index (κ2) is 15.2. The van der Waals surface area contributed by atoms with Gasteiger partial charge in [0.25, 0.3) is 0 Å². The summed E-state index contributed by atoms with van der Waals surface area (Å²) in [6.07, 6.45) is 17.0. The summed E-state index contributed by atoms with van der Waals surface area (Å²) in [5.41, 5.74) is 1.87. The highest BCUT2D eigenvalue weighted by atomic mass is 32.2. The van der Waals surface area contributed by atoms with E-state index in [0.717, 1.165) is 75.5 Å². The lowest BCUT2D eigenvalue weighted by molar-refractivity contribution is -0.245. The summed E-state index contributed by atoms with van der Waals surface area (Å²) in [5.74, 6) is 4.65. The van der Waals surface area contributed by atoms with E-state index in [0.29, 0.717) is 24.0 Å². The standard InChI is InChI=1S/C47H58F2O6S2/c1-32(47(48,49)57(50,51)52)55-40-10-14-43(15-11-40)56(41-6-4-3-5-7-41)42-12-8-39(9-13-42)44(2,53-18-16-45-26-33-20-34(27-45)22-35(21-33)28-45)54-19-17-46-29-36-23-37(30-46)25-38(24-36)31-46/h3-15,32-38H,16-31H2,1-2H3/p+1. The summed E-state index contributed by atoms with van der Waals surface area (Å²) in [5, 5.41) is -4.45. The monoisotopic (exact) mass is 821 g/mol. The number of rotatable bonds is 16. The van der Waals surface area contributed by atoms with Gasteiger partial charge in [0.05, 0.1) is 24.1 Å². The van der Waals surface area contributed by atoms with Gasteiger partial charge in [0, 0.05) is 5.56 Å². The van der Waals surface area contributed by atoms with Crippen molar-refractivity contribution in [2.75, 3.05) is 13.2 Å². The van der Waals surface area contributed by atoms with Gasteiger partial charge < -0.3 is 14.2 Å². The van der Waals surface area contributed by atoms with Crippen molar-refractivity contribution >= 4 is 21.0 Å². The third-order valence-electron chi connectivity index (χ3n) is 15.1. The van der Waals surface area contributed by atoms with Gasteiger partial charge in [-0.2, -0.15) is 17.2 Å². The lowest BCUT2D eigenvalue weighted by Crippen LogP contribution is -2.47. The van der Waals surface area contributed by atoms with E-state index < -0.39 is 38.2 Å². The van der Waals surface area contributed by atoms with Gasteiger partial charge >= 0.3 is 15.4 Å². The zero-order valence-corrected chi connectivity index (χ0v) is 35.1. The Bertz CT molecular complexity index is 1870. The molecule has 308 valence electrons. The molecule has 0 radical (unpaired) electrons. The number of alkyl halides is 2. The van der Waals surface area contributed by atoms with Crippen molar-refractivity contribution in [1.82, 2.24) is 0 Å². The lowest BCUT2D eigenvalue weighted by atomic mass is 9.49. The normalized spacial score (nSPS) is 33.6. The van der Waals surface area contributed by atoms with E-state index in [2.05, 4.69) is 43.3 Å². The van der Waals surface area contributed by atoms with Crippen LogP contribution in [0.25, 0.3) is 0 Å². The maximum atomic E-state index is 14.2. The summed E-state index contributed by atoms with van der Waals surface area (Å²) >= 11 is 0. The van der Waals surface area contributed by atoms with Crippen LogP contribution in [0, 0.1) is 46.3 Å². The Morgan fingerprint density at radius 3 is 1.46 bits per heavy atom. The first-order chi connectivity index (χ1) is 27.2. The Morgan fingerprint density at radius 2 is 1.05 bits per heavy atom. The van der Waals surface area contributed by atoms with Crippen LogP contribution >= 0.6 is 0 Å². The molecule has 0 amide bonds. The minimum absolute atomic E-state index is 0.0775. The van der Waals surface area contributed by atoms with Crippen LogP contribution in [0.15, 0.2) is 93.5 Å². The van der Waals surface area contributed by atoms with Crippen molar-refractivity contribution in [3.8, 4) is 5.75 Å². The maximum Gasteiger partial charge on any atom is 0.405 e. The Balaban J connectivity index is 0.946. The first-order valence-corrected chi connectivity index (χ1v) is 24.1. The minimum Gasteiger partial charge on any atom is -0.483 e. The summed E-state index contributed by atoms with van der Waals surface area (Å²) in [4.78, 5) is 3.11. The molecule has 0 spiro atoms. The molecule has 8 bridgehead atoms. The van der Waals surface area contributed by atoms with Crippen LogP contribution in [0.1, 0.15) is 109 Å². The van der Waals surface area contributed by atoms with Crippen molar-refractivity contribution in [1.29, 1.82) is 0 Å². The molecule has 0 aromatic heterocycles. The molecular weight excluding hydrogens is 763 g/mol. The molecule has 8 fully saturated rings. The number of benzene rings is 3. The van der Waals surface area contributed by atoms with Crippen LogP contribution in [0.4, 0.5) is 8.78 Å². The van der Waals surface area contributed by atoms with Gasteiger partial charge in [0.2, 0.25) is 0 Å². The van der Waals surface area contributed by atoms with Gasteiger partial charge in [-0.3, -0.25) is 4.55 Å². The molecule has 8 saturated carbocycles. The van der Waals surface area contributed by atoms with E-state index in [9.17, 15) is 17.2 Å². The van der Waals surface area contributed by atoms with Gasteiger partial charge in [-0.25, -0.2) is 0 Å². The minimum atomic E-state index is -5.63. The third kappa shape index (κ3) is 8.08. The first-order valence-electron chi connectivity index (χ1n) is 21.5. The molecule has 10 heteroatoms. The number of halogens is 2. The molecule has 3 aromatic rings. The molecule has 3 aromatic carbocycles. The van der Waals surface area contributed by atoms with E-state index in [1.165, 1.54) is 77.0 Å². The fourth-order valence-electron chi connectivity index (χ4n) is 13.3. The van der Waals surface area contributed by atoms with Crippen molar-refractivity contribution < 1.29 is 36.0 Å². The Labute approximate surface area is 340 Å². The molecule has 2 unspecified atom stereocenters. The van der Waals surface area contributed by atoms with Crippen molar-refractivity contribution in [3.05, 3.63) is 84.4 Å². The Hall–Kier alpha value is -2.50. The quantitative estimate of drug-likeness (QED) is 0.0880.